The minimum absolute atomic E-state index is 0.0447. The zero-order chi connectivity index (χ0) is 28.4. The minimum Gasteiger partial charge on any atom is -0.354 e. The van der Waals surface area contributed by atoms with Gasteiger partial charge in [-0.05, 0) is 34.7 Å². The highest BCUT2D eigenvalue weighted by Gasteiger charge is 2.32. The van der Waals surface area contributed by atoms with Crippen molar-refractivity contribution >= 4 is 33.4 Å². The van der Waals surface area contributed by atoms with Crippen LogP contribution in [0.4, 0.5) is 0 Å². The van der Waals surface area contributed by atoms with Crippen LogP contribution in [0, 0.1) is 5.92 Å². The first kappa shape index (κ1) is 30.3. The van der Waals surface area contributed by atoms with Crippen LogP contribution in [0.2, 0.25) is 5.02 Å². The fourth-order valence-electron chi connectivity index (χ4n) is 4.08. The first-order valence-electron chi connectivity index (χ1n) is 12.9. The fourth-order valence-corrected chi connectivity index (χ4v) is 4.94. The number of hydrogen-bond donors (Lipinski definition) is 1. The number of carbonyl (C=O) groups is 2. The lowest BCUT2D eigenvalue weighted by Gasteiger charge is -2.33. The van der Waals surface area contributed by atoms with Crippen LogP contribution in [0.25, 0.3) is 0 Å². The highest BCUT2D eigenvalue weighted by atomic mass is 35.5. The Morgan fingerprint density at radius 3 is 1.90 bits per heavy atom. The first-order chi connectivity index (χ1) is 18.5. The van der Waals surface area contributed by atoms with E-state index in [0.717, 1.165) is 27.3 Å². The summed E-state index contributed by atoms with van der Waals surface area (Å²) in [6, 6.07) is 24.8. The highest BCUT2D eigenvalue weighted by Crippen LogP contribution is 2.18. The van der Waals surface area contributed by atoms with Gasteiger partial charge in [-0.1, -0.05) is 98.2 Å². The van der Waals surface area contributed by atoms with Gasteiger partial charge in [-0.25, -0.2) is 8.42 Å². The van der Waals surface area contributed by atoms with Gasteiger partial charge in [0.1, 0.15) is 6.04 Å². The zero-order valence-corrected chi connectivity index (χ0v) is 24.2. The summed E-state index contributed by atoms with van der Waals surface area (Å²) in [6.07, 6.45) is 1.37. The van der Waals surface area contributed by atoms with E-state index in [1.807, 2.05) is 74.5 Å². The van der Waals surface area contributed by atoms with E-state index in [1.54, 1.807) is 24.3 Å². The van der Waals surface area contributed by atoms with E-state index in [0.29, 0.717) is 11.6 Å². The molecule has 39 heavy (non-hydrogen) atoms. The Labute approximate surface area is 236 Å². The van der Waals surface area contributed by atoms with Crippen LogP contribution in [0.15, 0.2) is 84.9 Å². The van der Waals surface area contributed by atoms with Gasteiger partial charge in [0, 0.05) is 31.1 Å². The molecule has 0 aromatic heterocycles. The lowest BCUT2D eigenvalue weighted by molar-refractivity contribution is -0.141. The number of halogens is 1. The second kappa shape index (κ2) is 14.3. The van der Waals surface area contributed by atoms with E-state index in [2.05, 4.69) is 5.32 Å². The van der Waals surface area contributed by atoms with Gasteiger partial charge in [0.05, 0.1) is 12.8 Å². The van der Waals surface area contributed by atoms with Crippen LogP contribution in [0.1, 0.15) is 30.5 Å². The molecule has 3 aromatic rings. The van der Waals surface area contributed by atoms with E-state index in [4.69, 9.17) is 11.6 Å². The van der Waals surface area contributed by atoms with Crippen molar-refractivity contribution in [2.75, 3.05) is 19.3 Å². The molecule has 1 N–H and O–H groups in total. The molecule has 3 rings (SSSR count). The molecule has 1 unspecified atom stereocenters. The van der Waals surface area contributed by atoms with Crippen LogP contribution in [0.5, 0.6) is 0 Å². The van der Waals surface area contributed by atoms with E-state index < -0.39 is 28.5 Å². The maximum atomic E-state index is 13.9. The molecule has 0 aliphatic rings. The Hall–Kier alpha value is -3.20. The molecule has 0 saturated heterocycles. The molecule has 3 aromatic carbocycles. The Morgan fingerprint density at radius 1 is 0.821 bits per heavy atom. The first-order valence-corrected chi connectivity index (χ1v) is 15.1. The van der Waals surface area contributed by atoms with Gasteiger partial charge in [-0.2, -0.15) is 4.31 Å². The summed E-state index contributed by atoms with van der Waals surface area (Å²) in [5, 5.41) is 3.52. The molecular formula is C30H36ClN3O4S. The van der Waals surface area contributed by atoms with E-state index >= 15 is 0 Å². The molecule has 1 atom stereocenters. The third kappa shape index (κ3) is 9.80. The molecule has 0 fully saturated rings. The maximum absolute atomic E-state index is 13.9. The predicted octanol–water partition coefficient (Wildman–Crippen LogP) is 4.51. The van der Waals surface area contributed by atoms with Crippen LogP contribution >= 0.6 is 11.6 Å². The Bertz CT molecular complexity index is 1320. The Balaban J connectivity index is 1.98. The number of nitrogens with one attached hydrogen (secondary N) is 1. The number of carbonyl (C=O) groups excluding carboxylic acids is 2. The molecule has 0 bridgehead atoms. The molecule has 0 aliphatic carbocycles. The summed E-state index contributed by atoms with van der Waals surface area (Å²) in [4.78, 5) is 29.0. The highest BCUT2D eigenvalue weighted by molar-refractivity contribution is 7.88. The van der Waals surface area contributed by atoms with E-state index in [-0.39, 0.29) is 31.3 Å². The van der Waals surface area contributed by atoms with E-state index in [9.17, 15) is 18.0 Å². The summed E-state index contributed by atoms with van der Waals surface area (Å²) < 4.78 is 26.6. The third-order valence-electron chi connectivity index (χ3n) is 6.20. The summed E-state index contributed by atoms with van der Waals surface area (Å²) in [5.41, 5.74) is 2.42. The topological polar surface area (TPSA) is 86.8 Å². The van der Waals surface area contributed by atoms with Crippen molar-refractivity contribution < 1.29 is 18.0 Å². The lowest BCUT2D eigenvalue weighted by Crippen LogP contribution is -2.53. The van der Waals surface area contributed by atoms with Crippen molar-refractivity contribution in [2.24, 2.45) is 5.92 Å². The molecule has 208 valence electrons. The number of sulfonamides is 1. The standard InChI is InChI=1S/C30H36ClN3O4S/c1-23(2)19-32-30(36)28(18-24-10-6-4-7-11-24)34(21-26-14-16-27(31)17-15-26)29(35)22-33(39(3,37)38)20-25-12-8-5-9-13-25/h4-17,23,28H,18-22H2,1-3H3,(H,32,36). The predicted molar refractivity (Wildman–Crippen MR) is 155 cm³/mol. The molecule has 7 nitrogen and oxygen atoms in total. The van der Waals surface area contributed by atoms with Crippen molar-refractivity contribution in [2.45, 2.75) is 39.4 Å². The van der Waals surface area contributed by atoms with Crippen LogP contribution < -0.4 is 5.32 Å². The molecule has 2 amide bonds. The average molecular weight is 570 g/mol. The average Bonchev–Trinajstić information content (AvgIpc) is 2.90. The number of rotatable bonds is 13. The fraction of sp³-hybridized carbons (Fsp3) is 0.333. The van der Waals surface area contributed by atoms with Crippen molar-refractivity contribution in [1.82, 2.24) is 14.5 Å². The minimum atomic E-state index is -3.73. The molecule has 0 spiro atoms. The van der Waals surface area contributed by atoms with Crippen LogP contribution in [0.3, 0.4) is 0 Å². The maximum Gasteiger partial charge on any atom is 0.243 e. The largest absolute Gasteiger partial charge is 0.354 e. The quantitative estimate of drug-likeness (QED) is 0.328. The van der Waals surface area contributed by atoms with Gasteiger partial charge in [-0.3, -0.25) is 9.59 Å². The van der Waals surface area contributed by atoms with Crippen molar-refractivity contribution in [3.8, 4) is 0 Å². The van der Waals surface area contributed by atoms with Crippen molar-refractivity contribution in [3.05, 3.63) is 107 Å². The van der Waals surface area contributed by atoms with Crippen LogP contribution in [-0.4, -0.2) is 54.8 Å². The monoisotopic (exact) mass is 569 g/mol. The summed E-state index contributed by atoms with van der Waals surface area (Å²) in [5.74, 6) is -0.533. The smallest absolute Gasteiger partial charge is 0.243 e. The molecule has 0 aliphatic heterocycles. The van der Waals surface area contributed by atoms with Gasteiger partial charge in [0.25, 0.3) is 0 Å². The Morgan fingerprint density at radius 2 is 1.36 bits per heavy atom. The number of hydrogen-bond acceptors (Lipinski definition) is 4. The molecule has 0 saturated carbocycles. The third-order valence-corrected chi connectivity index (χ3v) is 7.65. The Kier molecular flexibility index (Phi) is 11.1. The number of nitrogens with zero attached hydrogens (tertiary/aromatic N) is 2. The van der Waals surface area contributed by atoms with Gasteiger partial charge < -0.3 is 10.2 Å². The molecular weight excluding hydrogens is 534 g/mol. The van der Waals surface area contributed by atoms with Crippen molar-refractivity contribution in [1.29, 1.82) is 0 Å². The second-order valence-corrected chi connectivity index (χ2v) is 12.4. The second-order valence-electron chi connectivity index (χ2n) is 10.0. The molecule has 0 heterocycles. The zero-order valence-electron chi connectivity index (χ0n) is 22.6. The summed E-state index contributed by atoms with van der Waals surface area (Å²) in [6.45, 7) is 4.21. The van der Waals surface area contributed by atoms with Gasteiger partial charge in [0.2, 0.25) is 21.8 Å². The van der Waals surface area contributed by atoms with E-state index in [1.165, 1.54) is 4.90 Å². The van der Waals surface area contributed by atoms with Gasteiger partial charge >= 0.3 is 0 Å². The molecule has 0 radical (unpaired) electrons. The summed E-state index contributed by atoms with van der Waals surface area (Å²) >= 11 is 6.08. The van der Waals surface area contributed by atoms with Gasteiger partial charge in [0.15, 0.2) is 0 Å². The van der Waals surface area contributed by atoms with Crippen LogP contribution in [-0.2, 0) is 39.1 Å². The normalized spacial score (nSPS) is 12.4. The van der Waals surface area contributed by atoms with Gasteiger partial charge in [-0.15, -0.1) is 0 Å². The lowest BCUT2D eigenvalue weighted by atomic mass is 10.0. The number of benzene rings is 3. The number of amides is 2. The summed E-state index contributed by atoms with van der Waals surface area (Å²) in [7, 11) is -3.73. The van der Waals surface area contributed by atoms with Crippen molar-refractivity contribution in [3.63, 3.8) is 0 Å². The SMILES string of the molecule is CC(C)CNC(=O)C(Cc1ccccc1)N(Cc1ccc(Cl)cc1)C(=O)CN(Cc1ccccc1)S(C)(=O)=O. The molecule has 9 heteroatoms.